The van der Waals surface area contributed by atoms with Crippen molar-refractivity contribution in [3.8, 4) is 5.75 Å². The van der Waals surface area contributed by atoms with E-state index in [9.17, 15) is 9.59 Å². The summed E-state index contributed by atoms with van der Waals surface area (Å²) in [4.78, 5) is 24.0. The number of benzene rings is 3. The van der Waals surface area contributed by atoms with Crippen molar-refractivity contribution >= 4 is 57.6 Å². The molecule has 0 aromatic heterocycles. The number of amides is 2. The minimum atomic E-state index is -0.461. The standard InChI is InChI=1S/C23H20ClN3O3S/c1-15-13-18(24)10-11-20(15)30-14-22(29)26-27-23(31)25-21(28)12-9-17-7-4-6-16-5-2-3-8-19(16)17/h2-13H,14H2,1H3,(H,26,29)(H2,25,27,28,31)/b12-9+. The van der Waals surface area contributed by atoms with Crippen molar-refractivity contribution in [3.05, 3.63) is 82.9 Å². The minimum absolute atomic E-state index is 0.0383. The number of thiocarbonyl (C=S) groups is 1. The van der Waals surface area contributed by atoms with E-state index < -0.39 is 11.8 Å². The quantitative estimate of drug-likeness (QED) is 0.310. The number of nitrogens with one attached hydrogen (secondary N) is 3. The Morgan fingerprint density at radius 1 is 1.06 bits per heavy atom. The maximum absolute atomic E-state index is 12.1. The number of carbonyl (C=O) groups excluding carboxylic acids is 2. The lowest BCUT2D eigenvalue weighted by atomic mass is 10.0. The molecule has 0 heterocycles. The third-order valence-electron chi connectivity index (χ3n) is 4.29. The number of aryl methyl sites for hydroxylation is 1. The van der Waals surface area contributed by atoms with Gasteiger partial charge in [0.25, 0.3) is 5.91 Å². The van der Waals surface area contributed by atoms with Crippen molar-refractivity contribution < 1.29 is 14.3 Å². The Morgan fingerprint density at radius 2 is 1.84 bits per heavy atom. The summed E-state index contributed by atoms with van der Waals surface area (Å²) >= 11 is 10.9. The lowest BCUT2D eigenvalue weighted by Crippen LogP contribution is -2.49. The van der Waals surface area contributed by atoms with E-state index in [0.717, 1.165) is 21.9 Å². The molecule has 0 unspecified atom stereocenters. The molecule has 0 spiro atoms. The Balaban J connectivity index is 1.45. The second kappa shape index (κ2) is 10.6. The summed E-state index contributed by atoms with van der Waals surface area (Å²) in [6.07, 6.45) is 3.09. The van der Waals surface area contributed by atoms with Gasteiger partial charge in [-0.15, -0.1) is 0 Å². The second-order valence-electron chi connectivity index (χ2n) is 6.59. The van der Waals surface area contributed by atoms with E-state index in [1.807, 2.05) is 49.4 Å². The first-order valence-electron chi connectivity index (χ1n) is 9.37. The molecular formula is C23H20ClN3O3S. The van der Waals surface area contributed by atoms with Gasteiger partial charge in [-0.25, -0.2) is 0 Å². The average Bonchev–Trinajstić information content (AvgIpc) is 2.75. The molecule has 8 heteroatoms. The van der Waals surface area contributed by atoms with Crippen molar-refractivity contribution in [3.63, 3.8) is 0 Å². The molecule has 0 saturated heterocycles. The highest BCUT2D eigenvalue weighted by Crippen LogP contribution is 2.21. The zero-order valence-corrected chi connectivity index (χ0v) is 18.2. The Labute approximate surface area is 190 Å². The van der Waals surface area contributed by atoms with Gasteiger partial charge in [-0.3, -0.25) is 25.8 Å². The van der Waals surface area contributed by atoms with Crippen LogP contribution in [0.5, 0.6) is 5.75 Å². The summed E-state index contributed by atoms with van der Waals surface area (Å²) in [5.41, 5.74) is 6.56. The number of rotatable bonds is 5. The first-order valence-corrected chi connectivity index (χ1v) is 10.2. The number of fused-ring (bicyclic) bond motifs is 1. The van der Waals surface area contributed by atoms with Crippen molar-refractivity contribution in [1.29, 1.82) is 0 Å². The first kappa shape index (κ1) is 22.3. The molecule has 31 heavy (non-hydrogen) atoms. The SMILES string of the molecule is Cc1cc(Cl)ccc1OCC(=O)NNC(=S)NC(=O)/C=C/c1cccc2ccccc12. The van der Waals surface area contributed by atoms with Crippen LogP contribution in [0.4, 0.5) is 0 Å². The Bertz CT molecular complexity index is 1160. The van der Waals surface area contributed by atoms with Crippen LogP contribution in [-0.2, 0) is 9.59 Å². The van der Waals surface area contributed by atoms with Crippen molar-refractivity contribution in [2.75, 3.05) is 6.61 Å². The van der Waals surface area contributed by atoms with E-state index in [4.69, 9.17) is 28.6 Å². The van der Waals surface area contributed by atoms with Gasteiger partial charge in [-0.1, -0.05) is 54.1 Å². The number of carbonyl (C=O) groups is 2. The second-order valence-corrected chi connectivity index (χ2v) is 7.44. The molecule has 3 aromatic carbocycles. The lowest BCUT2D eigenvalue weighted by molar-refractivity contribution is -0.123. The highest BCUT2D eigenvalue weighted by atomic mass is 35.5. The van der Waals surface area contributed by atoms with Gasteiger partial charge < -0.3 is 4.74 Å². The van der Waals surface area contributed by atoms with Gasteiger partial charge in [0.1, 0.15) is 5.75 Å². The van der Waals surface area contributed by atoms with Crippen LogP contribution in [0.15, 0.2) is 66.7 Å². The van der Waals surface area contributed by atoms with E-state index in [1.54, 1.807) is 24.3 Å². The number of halogens is 1. The maximum Gasteiger partial charge on any atom is 0.276 e. The molecule has 0 aliphatic rings. The maximum atomic E-state index is 12.1. The van der Waals surface area contributed by atoms with Crippen molar-refractivity contribution in [1.82, 2.24) is 16.2 Å². The summed E-state index contributed by atoms with van der Waals surface area (Å²) in [5, 5.41) is 5.14. The van der Waals surface area contributed by atoms with Crippen LogP contribution in [0.25, 0.3) is 16.8 Å². The van der Waals surface area contributed by atoms with Gasteiger partial charge in [0, 0.05) is 11.1 Å². The van der Waals surface area contributed by atoms with Gasteiger partial charge in [-0.2, -0.15) is 0 Å². The van der Waals surface area contributed by atoms with Gasteiger partial charge in [0.2, 0.25) is 5.91 Å². The fraction of sp³-hybridized carbons (Fsp3) is 0.0870. The molecule has 6 nitrogen and oxygen atoms in total. The normalized spacial score (nSPS) is 10.6. The van der Waals surface area contributed by atoms with Crippen LogP contribution >= 0.6 is 23.8 Å². The smallest absolute Gasteiger partial charge is 0.276 e. The summed E-state index contributed by atoms with van der Waals surface area (Å²) in [6, 6.07) is 18.9. The molecule has 158 valence electrons. The summed E-state index contributed by atoms with van der Waals surface area (Å²) in [6.45, 7) is 1.60. The van der Waals surface area contributed by atoms with E-state index in [0.29, 0.717) is 10.8 Å². The molecule has 0 atom stereocenters. The molecule has 2 amide bonds. The first-order chi connectivity index (χ1) is 14.9. The van der Waals surface area contributed by atoms with Crippen LogP contribution in [0, 0.1) is 6.92 Å². The van der Waals surface area contributed by atoms with Crippen molar-refractivity contribution in [2.24, 2.45) is 0 Å². The molecule has 3 rings (SSSR count). The molecule has 0 fully saturated rings. The third kappa shape index (κ3) is 6.53. The Kier molecular flexibility index (Phi) is 7.59. The topological polar surface area (TPSA) is 79.5 Å². The Morgan fingerprint density at radius 3 is 2.65 bits per heavy atom. The van der Waals surface area contributed by atoms with Crippen LogP contribution in [0.2, 0.25) is 5.02 Å². The summed E-state index contributed by atoms with van der Waals surface area (Å²) in [5.74, 6) is -0.334. The molecular weight excluding hydrogens is 434 g/mol. The zero-order chi connectivity index (χ0) is 22.2. The molecule has 0 saturated carbocycles. The van der Waals surface area contributed by atoms with Gasteiger partial charge in [0.05, 0.1) is 0 Å². The highest BCUT2D eigenvalue weighted by molar-refractivity contribution is 7.80. The molecule has 0 radical (unpaired) electrons. The molecule has 3 N–H and O–H groups in total. The number of hydrazine groups is 1. The summed E-state index contributed by atoms with van der Waals surface area (Å²) in [7, 11) is 0. The predicted molar refractivity (Wildman–Crippen MR) is 127 cm³/mol. The van der Waals surface area contributed by atoms with E-state index in [2.05, 4.69) is 16.2 Å². The molecule has 3 aromatic rings. The van der Waals surface area contributed by atoms with E-state index in [1.165, 1.54) is 6.08 Å². The van der Waals surface area contributed by atoms with Crippen LogP contribution < -0.4 is 20.9 Å². The number of hydrogen-bond acceptors (Lipinski definition) is 4. The largest absolute Gasteiger partial charge is 0.483 e. The molecule has 0 aliphatic heterocycles. The van der Waals surface area contributed by atoms with Gasteiger partial charge >= 0.3 is 0 Å². The van der Waals surface area contributed by atoms with E-state index >= 15 is 0 Å². The fourth-order valence-corrected chi connectivity index (χ4v) is 3.20. The Hall–Kier alpha value is -3.42. The fourth-order valence-electron chi connectivity index (χ4n) is 2.83. The number of ether oxygens (including phenoxy) is 1. The average molecular weight is 454 g/mol. The number of hydrogen-bond donors (Lipinski definition) is 3. The van der Waals surface area contributed by atoms with Crippen LogP contribution in [0.1, 0.15) is 11.1 Å². The van der Waals surface area contributed by atoms with Crippen LogP contribution in [0.3, 0.4) is 0 Å². The lowest BCUT2D eigenvalue weighted by Gasteiger charge is -2.11. The highest BCUT2D eigenvalue weighted by Gasteiger charge is 2.07. The van der Waals surface area contributed by atoms with Crippen LogP contribution in [-0.4, -0.2) is 23.5 Å². The molecule has 0 aliphatic carbocycles. The summed E-state index contributed by atoms with van der Waals surface area (Å²) < 4.78 is 5.44. The van der Waals surface area contributed by atoms with Gasteiger partial charge in [0.15, 0.2) is 11.7 Å². The zero-order valence-electron chi connectivity index (χ0n) is 16.6. The van der Waals surface area contributed by atoms with E-state index in [-0.39, 0.29) is 11.7 Å². The monoisotopic (exact) mass is 453 g/mol. The van der Waals surface area contributed by atoms with Gasteiger partial charge in [-0.05, 0) is 65.3 Å². The minimum Gasteiger partial charge on any atom is -0.483 e. The third-order valence-corrected chi connectivity index (χ3v) is 4.72. The predicted octanol–water partition coefficient (Wildman–Crippen LogP) is 3.92. The van der Waals surface area contributed by atoms with Crippen molar-refractivity contribution in [2.45, 2.75) is 6.92 Å². The molecule has 0 bridgehead atoms.